The van der Waals surface area contributed by atoms with Gasteiger partial charge in [0.25, 0.3) is 5.91 Å². The van der Waals surface area contributed by atoms with Crippen LogP contribution >= 0.6 is 0 Å². The highest BCUT2D eigenvalue weighted by molar-refractivity contribution is 5.91. The maximum absolute atomic E-state index is 11.9. The molecule has 1 amide bonds. The summed E-state index contributed by atoms with van der Waals surface area (Å²) in [5.74, 6) is 0.719. The first-order valence-electron chi connectivity index (χ1n) is 7.72. The Labute approximate surface area is 132 Å². The van der Waals surface area contributed by atoms with Gasteiger partial charge in [0.05, 0.1) is 6.10 Å². The largest absolute Gasteiger partial charge is 0.491 e. The van der Waals surface area contributed by atoms with Crippen molar-refractivity contribution < 1.29 is 9.53 Å². The van der Waals surface area contributed by atoms with Gasteiger partial charge in [-0.3, -0.25) is 10.2 Å². The van der Waals surface area contributed by atoms with Crippen molar-refractivity contribution in [2.75, 3.05) is 33.2 Å². The number of benzene rings is 1. The Morgan fingerprint density at radius 3 is 2.68 bits per heavy atom. The van der Waals surface area contributed by atoms with Gasteiger partial charge >= 0.3 is 0 Å². The lowest BCUT2D eigenvalue weighted by Gasteiger charge is -2.31. The van der Waals surface area contributed by atoms with Gasteiger partial charge in [0, 0.05) is 32.3 Å². The number of likely N-dealkylation sites (N-methyl/N-ethyl adjacent to an activating group) is 1. The zero-order valence-corrected chi connectivity index (χ0v) is 13.6. The van der Waals surface area contributed by atoms with E-state index in [0.29, 0.717) is 0 Å². The number of amides is 1. The van der Waals surface area contributed by atoms with Crippen molar-refractivity contribution in [3.8, 4) is 5.75 Å². The number of ether oxygens (including phenoxy) is 1. The fraction of sp³-hybridized carbons (Fsp3) is 0.471. The fourth-order valence-corrected chi connectivity index (χ4v) is 2.25. The van der Waals surface area contributed by atoms with E-state index >= 15 is 0 Å². The van der Waals surface area contributed by atoms with E-state index in [-0.39, 0.29) is 12.0 Å². The smallest absolute Gasteiger partial charge is 0.258 e. The molecule has 1 aliphatic rings. The monoisotopic (exact) mass is 303 g/mol. The zero-order chi connectivity index (χ0) is 15.9. The molecule has 1 heterocycles. The lowest BCUT2D eigenvalue weighted by Crippen LogP contribution is -2.52. The van der Waals surface area contributed by atoms with Crippen molar-refractivity contribution in [2.45, 2.75) is 20.0 Å². The van der Waals surface area contributed by atoms with Gasteiger partial charge in [-0.2, -0.15) is 0 Å². The number of hydrogen-bond donors (Lipinski definition) is 1. The van der Waals surface area contributed by atoms with Gasteiger partial charge in [-0.15, -0.1) is 0 Å². The molecule has 1 aromatic rings. The second-order valence-electron chi connectivity index (χ2n) is 5.84. The second kappa shape index (κ2) is 7.96. The second-order valence-corrected chi connectivity index (χ2v) is 5.84. The third-order valence-corrected chi connectivity index (χ3v) is 3.43. The number of carbonyl (C=O) groups is 1. The van der Waals surface area contributed by atoms with Gasteiger partial charge in [-0.05, 0) is 44.7 Å². The van der Waals surface area contributed by atoms with E-state index in [0.717, 1.165) is 37.5 Å². The van der Waals surface area contributed by atoms with Crippen LogP contribution in [0, 0.1) is 0 Å². The van der Waals surface area contributed by atoms with Gasteiger partial charge in [0.15, 0.2) is 0 Å². The van der Waals surface area contributed by atoms with Crippen molar-refractivity contribution in [1.29, 1.82) is 0 Å². The lowest BCUT2D eigenvalue weighted by molar-refractivity contribution is -0.121. The molecule has 1 fully saturated rings. The number of nitrogens with zero attached hydrogens (tertiary/aromatic N) is 2. The Bertz CT molecular complexity index is 520. The highest BCUT2D eigenvalue weighted by atomic mass is 16.5. The lowest BCUT2D eigenvalue weighted by atomic mass is 10.2. The van der Waals surface area contributed by atoms with Crippen LogP contribution in [0.5, 0.6) is 5.75 Å². The van der Waals surface area contributed by atoms with Crippen LogP contribution in [0.15, 0.2) is 30.3 Å². The van der Waals surface area contributed by atoms with Crippen LogP contribution in [0.1, 0.15) is 19.4 Å². The maximum atomic E-state index is 11.9. The summed E-state index contributed by atoms with van der Waals surface area (Å²) in [5, 5.41) is 1.96. The van der Waals surface area contributed by atoms with Gasteiger partial charge < -0.3 is 9.64 Å². The third kappa shape index (κ3) is 5.50. The van der Waals surface area contributed by atoms with Gasteiger partial charge in [0.1, 0.15) is 5.75 Å². The molecule has 0 aromatic heterocycles. The molecular formula is C17H25N3O2. The Morgan fingerprint density at radius 2 is 2.00 bits per heavy atom. The molecule has 22 heavy (non-hydrogen) atoms. The van der Waals surface area contributed by atoms with Crippen molar-refractivity contribution in [2.24, 2.45) is 0 Å². The maximum Gasteiger partial charge on any atom is 0.258 e. The number of hydrogen-bond acceptors (Lipinski definition) is 4. The number of hydrazine groups is 1. The van der Waals surface area contributed by atoms with Gasteiger partial charge in [-0.25, -0.2) is 5.01 Å². The van der Waals surface area contributed by atoms with Crippen LogP contribution in [0.4, 0.5) is 0 Å². The summed E-state index contributed by atoms with van der Waals surface area (Å²) in [6, 6.07) is 7.73. The average molecular weight is 303 g/mol. The standard InChI is InChI=1S/C17H25N3O2/c1-14(2)22-16-6-4-5-15(13-16)7-8-17(21)18-20-11-9-19(3)10-12-20/h4-8,13-14H,9-12H2,1-3H3,(H,18,21)/b8-7+. The topological polar surface area (TPSA) is 44.8 Å². The van der Waals surface area contributed by atoms with Crippen molar-refractivity contribution >= 4 is 12.0 Å². The molecule has 0 saturated carbocycles. The Hall–Kier alpha value is -1.85. The molecule has 1 saturated heterocycles. The van der Waals surface area contributed by atoms with Crippen LogP contribution in [-0.2, 0) is 4.79 Å². The van der Waals surface area contributed by atoms with Crippen molar-refractivity contribution in [3.63, 3.8) is 0 Å². The highest BCUT2D eigenvalue weighted by Gasteiger charge is 2.14. The van der Waals surface area contributed by atoms with Crippen molar-refractivity contribution in [3.05, 3.63) is 35.9 Å². The minimum absolute atomic E-state index is 0.0975. The van der Waals surface area contributed by atoms with Crippen LogP contribution in [-0.4, -0.2) is 55.1 Å². The number of nitrogens with one attached hydrogen (secondary N) is 1. The van der Waals surface area contributed by atoms with Crippen LogP contribution in [0.25, 0.3) is 6.08 Å². The summed E-state index contributed by atoms with van der Waals surface area (Å²) in [7, 11) is 2.09. The molecule has 1 aliphatic heterocycles. The van der Waals surface area contributed by atoms with Crippen molar-refractivity contribution in [1.82, 2.24) is 15.3 Å². The Kier molecular flexibility index (Phi) is 5.98. The molecule has 0 aliphatic carbocycles. The highest BCUT2D eigenvalue weighted by Crippen LogP contribution is 2.15. The zero-order valence-electron chi connectivity index (χ0n) is 13.6. The summed E-state index contributed by atoms with van der Waals surface area (Å²) in [4.78, 5) is 14.2. The molecule has 120 valence electrons. The third-order valence-electron chi connectivity index (χ3n) is 3.43. The van der Waals surface area contributed by atoms with E-state index in [1.54, 1.807) is 12.2 Å². The number of carbonyl (C=O) groups excluding carboxylic acids is 1. The first-order valence-corrected chi connectivity index (χ1v) is 7.72. The summed E-state index contributed by atoms with van der Waals surface area (Å²) in [6.45, 7) is 7.64. The molecular weight excluding hydrogens is 278 g/mol. The molecule has 5 nitrogen and oxygen atoms in total. The molecule has 0 unspecified atom stereocenters. The molecule has 0 radical (unpaired) electrons. The quantitative estimate of drug-likeness (QED) is 0.842. The van der Waals surface area contributed by atoms with Gasteiger partial charge in [0.2, 0.25) is 0 Å². The summed E-state index contributed by atoms with van der Waals surface area (Å²) < 4.78 is 5.65. The van der Waals surface area contributed by atoms with Crippen LogP contribution in [0.2, 0.25) is 0 Å². The van der Waals surface area contributed by atoms with E-state index in [2.05, 4.69) is 17.4 Å². The molecule has 1 N–H and O–H groups in total. The van der Waals surface area contributed by atoms with E-state index in [4.69, 9.17) is 4.74 Å². The first kappa shape index (κ1) is 16.5. The molecule has 0 atom stereocenters. The molecule has 0 bridgehead atoms. The SMILES string of the molecule is CC(C)Oc1cccc(/C=C/C(=O)NN2CCN(C)CC2)c1. The first-order chi connectivity index (χ1) is 10.5. The van der Waals surface area contributed by atoms with E-state index < -0.39 is 0 Å². The Balaban J connectivity index is 1.86. The number of rotatable bonds is 5. The van der Waals surface area contributed by atoms with E-state index in [1.165, 1.54) is 0 Å². The van der Waals surface area contributed by atoms with Crippen LogP contribution < -0.4 is 10.2 Å². The summed E-state index contributed by atoms with van der Waals surface area (Å²) >= 11 is 0. The predicted molar refractivity (Wildman–Crippen MR) is 88.5 cm³/mol. The number of piperazine rings is 1. The normalized spacial score (nSPS) is 17.1. The Morgan fingerprint density at radius 1 is 1.27 bits per heavy atom. The van der Waals surface area contributed by atoms with E-state index in [1.807, 2.05) is 43.1 Å². The molecule has 0 spiro atoms. The molecule has 5 heteroatoms. The summed E-state index contributed by atoms with van der Waals surface area (Å²) in [6.07, 6.45) is 3.51. The van der Waals surface area contributed by atoms with E-state index in [9.17, 15) is 4.79 Å². The fourth-order valence-electron chi connectivity index (χ4n) is 2.25. The molecule has 2 rings (SSSR count). The average Bonchev–Trinajstić information content (AvgIpc) is 2.47. The molecule has 1 aromatic carbocycles. The van der Waals surface area contributed by atoms with Gasteiger partial charge in [-0.1, -0.05) is 12.1 Å². The predicted octanol–water partition coefficient (Wildman–Crippen LogP) is 1.77. The minimum Gasteiger partial charge on any atom is -0.491 e. The van der Waals surface area contributed by atoms with Crippen LogP contribution in [0.3, 0.4) is 0 Å². The minimum atomic E-state index is -0.0975. The summed E-state index contributed by atoms with van der Waals surface area (Å²) in [5.41, 5.74) is 3.86.